The Labute approximate surface area is 201 Å². The second kappa shape index (κ2) is 9.76. The summed E-state index contributed by atoms with van der Waals surface area (Å²) >= 11 is 0. The average molecular weight is 463 g/mol. The number of nitrogens with one attached hydrogen (secondary N) is 2. The van der Waals surface area contributed by atoms with E-state index in [9.17, 15) is 9.59 Å². The minimum absolute atomic E-state index is 0.0513. The van der Waals surface area contributed by atoms with Crippen molar-refractivity contribution >= 4 is 11.8 Å². The summed E-state index contributed by atoms with van der Waals surface area (Å²) in [6.45, 7) is 4.82. The minimum Gasteiger partial charge on any atom is -0.496 e. The van der Waals surface area contributed by atoms with E-state index in [1.54, 1.807) is 7.11 Å². The molecular formula is C27H34N4O3. The number of carbonyl (C=O) groups is 2. The number of piperazine rings is 1. The quantitative estimate of drug-likeness (QED) is 0.731. The van der Waals surface area contributed by atoms with Crippen LogP contribution in [0.1, 0.15) is 41.6 Å². The van der Waals surface area contributed by atoms with Gasteiger partial charge in [0.25, 0.3) is 5.91 Å². The highest BCUT2D eigenvalue weighted by atomic mass is 16.5. The first-order chi connectivity index (χ1) is 16.5. The fourth-order valence-electron chi connectivity index (χ4n) is 5.53. The van der Waals surface area contributed by atoms with Crippen LogP contribution in [0.3, 0.4) is 0 Å². The summed E-state index contributed by atoms with van der Waals surface area (Å²) in [5.74, 6) is 1.16. The lowest BCUT2D eigenvalue weighted by Gasteiger charge is -2.46. The summed E-state index contributed by atoms with van der Waals surface area (Å²) in [5, 5.41) is 6.80. The van der Waals surface area contributed by atoms with Crippen molar-refractivity contribution in [2.75, 3.05) is 33.3 Å². The molecule has 5 rings (SSSR count). The van der Waals surface area contributed by atoms with Gasteiger partial charge in [0.05, 0.1) is 13.0 Å². The molecule has 2 aromatic rings. The van der Waals surface area contributed by atoms with Crippen LogP contribution < -0.4 is 15.4 Å². The van der Waals surface area contributed by atoms with Crippen molar-refractivity contribution in [3.8, 4) is 16.9 Å². The van der Waals surface area contributed by atoms with Crippen LogP contribution in [0.2, 0.25) is 0 Å². The second-order valence-corrected chi connectivity index (χ2v) is 9.68. The molecule has 3 aliphatic rings. The first-order valence-corrected chi connectivity index (χ1v) is 12.4. The molecule has 1 saturated carbocycles. The van der Waals surface area contributed by atoms with E-state index in [1.165, 1.54) is 6.42 Å². The summed E-state index contributed by atoms with van der Waals surface area (Å²) in [7, 11) is 1.67. The monoisotopic (exact) mass is 462 g/mol. The van der Waals surface area contributed by atoms with Crippen molar-refractivity contribution < 1.29 is 14.3 Å². The summed E-state index contributed by atoms with van der Waals surface area (Å²) in [5.41, 5.74) is 3.91. The molecule has 2 saturated heterocycles. The maximum absolute atomic E-state index is 13.1. The van der Waals surface area contributed by atoms with Gasteiger partial charge in [0.15, 0.2) is 0 Å². The molecule has 0 bridgehead atoms. The van der Waals surface area contributed by atoms with Crippen LogP contribution in [0.25, 0.3) is 11.1 Å². The Morgan fingerprint density at radius 3 is 2.47 bits per heavy atom. The first kappa shape index (κ1) is 22.9. The highest BCUT2D eigenvalue weighted by Gasteiger charge is 2.40. The number of rotatable bonds is 4. The third-order valence-electron chi connectivity index (χ3n) is 7.52. The lowest BCUT2D eigenvalue weighted by atomic mass is 9.82. The number of fused-ring (bicyclic) bond motifs is 1. The Balaban J connectivity index is 1.20. The van der Waals surface area contributed by atoms with E-state index in [-0.39, 0.29) is 30.1 Å². The van der Waals surface area contributed by atoms with Crippen molar-refractivity contribution in [3.05, 3.63) is 53.6 Å². The molecule has 3 atom stereocenters. The van der Waals surface area contributed by atoms with Crippen LogP contribution in [0.5, 0.6) is 5.75 Å². The standard InChI is InChI=1S/C27H34N4O3/c1-18-7-12-24(34-2)22(17-18)19-8-10-20(11-9-19)26(33)30-13-15-31(16-14-30)27-28-23-6-4-3-5-21(23)25(32)29-27/h7-12,17,21,23,27-28H,3-6,13-16H2,1-2H3,(H,29,32). The number of methoxy groups -OCH3 is 1. The Morgan fingerprint density at radius 1 is 1.00 bits per heavy atom. The molecule has 3 fully saturated rings. The average Bonchev–Trinajstić information content (AvgIpc) is 2.88. The van der Waals surface area contributed by atoms with Gasteiger partial charge in [0.2, 0.25) is 5.91 Å². The molecule has 2 N–H and O–H groups in total. The normalized spacial score (nSPS) is 25.4. The van der Waals surface area contributed by atoms with Gasteiger partial charge in [0, 0.05) is 43.3 Å². The van der Waals surface area contributed by atoms with Crippen LogP contribution in [-0.2, 0) is 4.79 Å². The Bertz CT molecular complexity index is 1050. The molecule has 0 spiro atoms. The molecule has 7 heteroatoms. The molecule has 0 aromatic heterocycles. The molecular weight excluding hydrogens is 428 g/mol. The van der Waals surface area contributed by atoms with E-state index in [0.717, 1.165) is 54.8 Å². The fraction of sp³-hybridized carbons (Fsp3) is 0.481. The van der Waals surface area contributed by atoms with Gasteiger partial charge in [-0.2, -0.15) is 0 Å². The number of carbonyl (C=O) groups excluding carboxylic acids is 2. The minimum atomic E-state index is -0.132. The van der Waals surface area contributed by atoms with Gasteiger partial charge in [0.1, 0.15) is 12.0 Å². The Hall–Kier alpha value is -2.90. The number of hydrogen-bond donors (Lipinski definition) is 2. The smallest absolute Gasteiger partial charge is 0.253 e. The lowest BCUT2D eigenvalue weighted by molar-refractivity contribution is -0.134. The number of amides is 2. The predicted octanol–water partition coefficient (Wildman–Crippen LogP) is 2.99. The lowest BCUT2D eigenvalue weighted by Crippen LogP contribution is -2.69. The molecule has 0 radical (unpaired) electrons. The van der Waals surface area contributed by atoms with E-state index in [0.29, 0.717) is 18.7 Å². The Morgan fingerprint density at radius 2 is 1.74 bits per heavy atom. The van der Waals surface area contributed by atoms with Gasteiger partial charge in [-0.1, -0.05) is 36.6 Å². The maximum atomic E-state index is 13.1. The van der Waals surface area contributed by atoms with E-state index in [1.807, 2.05) is 41.3 Å². The molecule has 3 unspecified atom stereocenters. The molecule has 2 aliphatic heterocycles. The molecule has 2 heterocycles. The second-order valence-electron chi connectivity index (χ2n) is 9.68. The third kappa shape index (κ3) is 4.55. The van der Waals surface area contributed by atoms with Gasteiger partial charge in [-0.05, 0) is 49.6 Å². The summed E-state index contributed by atoms with van der Waals surface area (Å²) in [6.07, 6.45) is 4.24. The molecule has 2 amide bonds. The van der Waals surface area contributed by atoms with Crippen LogP contribution in [-0.4, -0.2) is 67.2 Å². The molecule has 180 valence electrons. The van der Waals surface area contributed by atoms with Crippen LogP contribution in [0, 0.1) is 12.8 Å². The van der Waals surface area contributed by atoms with E-state index < -0.39 is 0 Å². The molecule has 34 heavy (non-hydrogen) atoms. The number of aryl methyl sites for hydroxylation is 1. The topological polar surface area (TPSA) is 73.9 Å². The van der Waals surface area contributed by atoms with Crippen molar-refractivity contribution in [1.82, 2.24) is 20.4 Å². The number of nitrogens with zero attached hydrogens (tertiary/aromatic N) is 2. The van der Waals surface area contributed by atoms with Crippen LogP contribution in [0.4, 0.5) is 0 Å². The molecule has 2 aromatic carbocycles. The van der Waals surface area contributed by atoms with Crippen molar-refractivity contribution in [2.45, 2.75) is 44.9 Å². The van der Waals surface area contributed by atoms with Gasteiger partial charge < -0.3 is 15.0 Å². The summed E-state index contributed by atoms with van der Waals surface area (Å²) < 4.78 is 5.51. The zero-order valence-electron chi connectivity index (χ0n) is 20.0. The zero-order valence-corrected chi connectivity index (χ0v) is 20.0. The molecule has 7 nitrogen and oxygen atoms in total. The first-order valence-electron chi connectivity index (χ1n) is 12.4. The Kier molecular flexibility index (Phi) is 6.57. The SMILES string of the molecule is COc1ccc(C)cc1-c1ccc(C(=O)N2CCN(C3NC(=O)C4CCCCC4N3)CC2)cc1. The van der Waals surface area contributed by atoms with E-state index >= 15 is 0 Å². The number of ether oxygens (including phenoxy) is 1. The summed E-state index contributed by atoms with van der Waals surface area (Å²) in [4.78, 5) is 29.9. The molecule has 1 aliphatic carbocycles. The highest BCUT2D eigenvalue weighted by molar-refractivity contribution is 5.95. The van der Waals surface area contributed by atoms with E-state index in [4.69, 9.17) is 4.74 Å². The fourth-order valence-corrected chi connectivity index (χ4v) is 5.53. The maximum Gasteiger partial charge on any atom is 0.253 e. The highest BCUT2D eigenvalue weighted by Crippen LogP contribution is 2.31. The number of hydrogen-bond acceptors (Lipinski definition) is 5. The van der Waals surface area contributed by atoms with Gasteiger partial charge >= 0.3 is 0 Å². The largest absolute Gasteiger partial charge is 0.496 e. The van der Waals surface area contributed by atoms with E-state index in [2.05, 4.69) is 28.5 Å². The van der Waals surface area contributed by atoms with Crippen LogP contribution >= 0.6 is 0 Å². The van der Waals surface area contributed by atoms with Crippen molar-refractivity contribution in [1.29, 1.82) is 0 Å². The zero-order chi connectivity index (χ0) is 23.7. The third-order valence-corrected chi connectivity index (χ3v) is 7.52. The van der Waals surface area contributed by atoms with Crippen molar-refractivity contribution in [2.24, 2.45) is 5.92 Å². The van der Waals surface area contributed by atoms with Crippen molar-refractivity contribution in [3.63, 3.8) is 0 Å². The predicted molar refractivity (Wildman–Crippen MR) is 131 cm³/mol. The van der Waals surface area contributed by atoms with Gasteiger partial charge in [-0.15, -0.1) is 0 Å². The van der Waals surface area contributed by atoms with Gasteiger partial charge in [-0.25, -0.2) is 0 Å². The van der Waals surface area contributed by atoms with Gasteiger partial charge in [-0.3, -0.25) is 19.8 Å². The van der Waals surface area contributed by atoms with Crippen LogP contribution in [0.15, 0.2) is 42.5 Å². The number of benzene rings is 2. The summed E-state index contributed by atoms with van der Waals surface area (Å²) in [6, 6.07) is 14.2.